The number of ether oxygens (including phenoxy) is 1. The molecule has 1 heterocycles. The standard InChI is InChI=1S/C15H19ClN4O2S/c1-20-14(11-6-3-4-7-12(11)16)18-19-15(20)23-10-13(21)17-8-5-9-22-2/h3-4,6-7H,5,8-10H2,1-2H3,(H,17,21). The largest absolute Gasteiger partial charge is 0.385 e. The van der Waals surface area contributed by atoms with Crippen molar-refractivity contribution in [1.82, 2.24) is 20.1 Å². The number of aromatic nitrogens is 3. The summed E-state index contributed by atoms with van der Waals surface area (Å²) < 4.78 is 6.77. The minimum atomic E-state index is -0.0339. The van der Waals surface area contributed by atoms with Gasteiger partial charge in [-0.25, -0.2) is 0 Å². The van der Waals surface area contributed by atoms with Gasteiger partial charge in [0.2, 0.25) is 5.91 Å². The maximum absolute atomic E-state index is 11.8. The molecule has 0 spiro atoms. The Balaban J connectivity index is 1.93. The van der Waals surface area contributed by atoms with Gasteiger partial charge in [0, 0.05) is 32.9 Å². The summed E-state index contributed by atoms with van der Waals surface area (Å²) in [5.74, 6) is 0.939. The summed E-state index contributed by atoms with van der Waals surface area (Å²) >= 11 is 7.53. The van der Waals surface area contributed by atoms with Crippen LogP contribution in [0.5, 0.6) is 0 Å². The summed E-state index contributed by atoms with van der Waals surface area (Å²) in [6.07, 6.45) is 0.799. The van der Waals surface area contributed by atoms with Gasteiger partial charge in [0.1, 0.15) is 0 Å². The maximum atomic E-state index is 11.8. The van der Waals surface area contributed by atoms with Gasteiger partial charge in [-0.1, -0.05) is 35.5 Å². The molecule has 2 aromatic rings. The normalized spacial score (nSPS) is 10.7. The van der Waals surface area contributed by atoms with Gasteiger partial charge in [0.15, 0.2) is 11.0 Å². The van der Waals surface area contributed by atoms with E-state index in [1.807, 2.05) is 35.9 Å². The van der Waals surface area contributed by atoms with E-state index in [4.69, 9.17) is 16.3 Å². The molecule has 2 rings (SSSR count). The molecule has 1 aromatic carbocycles. The van der Waals surface area contributed by atoms with Crippen molar-refractivity contribution in [2.75, 3.05) is 26.0 Å². The van der Waals surface area contributed by atoms with Crippen molar-refractivity contribution in [3.8, 4) is 11.4 Å². The predicted molar refractivity (Wildman–Crippen MR) is 91.7 cm³/mol. The average molecular weight is 355 g/mol. The van der Waals surface area contributed by atoms with Crippen molar-refractivity contribution in [3.05, 3.63) is 29.3 Å². The van der Waals surface area contributed by atoms with Gasteiger partial charge in [-0.3, -0.25) is 4.79 Å². The van der Waals surface area contributed by atoms with Gasteiger partial charge in [-0.05, 0) is 18.6 Å². The lowest BCUT2D eigenvalue weighted by Crippen LogP contribution is -2.26. The summed E-state index contributed by atoms with van der Waals surface area (Å²) in [6.45, 7) is 1.24. The number of nitrogens with one attached hydrogen (secondary N) is 1. The highest BCUT2D eigenvalue weighted by Gasteiger charge is 2.14. The molecule has 0 saturated heterocycles. The van der Waals surface area contributed by atoms with Crippen LogP contribution >= 0.6 is 23.4 Å². The third-order valence-electron chi connectivity index (χ3n) is 3.13. The summed E-state index contributed by atoms with van der Waals surface area (Å²) in [7, 11) is 3.50. The first-order valence-corrected chi connectivity index (χ1v) is 8.52. The summed E-state index contributed by atoms with van der Waals surface area (Å²) in [5, 5.41) is 12.4. The number of hydrogen-bond donors (Lipinski definition) is 1. The molecule has 0 unspecified atom stereocenters. The zero-order valence-electron chi connectivity index (χ0n) is 13.1. The fourth-order valence-electron chi connectivity index (χ4n) is 1.94. The first-order chi connectivity index (χ1) is 11.1. The van der Waals surface area contributed by atoms with Crippen LogP contribution < -0.4 is 5.32 Å². The third-order valence-corrected chi connectivity index (χ3v) is 4.48. The molecule has 0 atom stereocenters. The lowest BCUT2D eigenvalue weighted by molar-refractivity contribution is -0.118. The number of carbonyl (C=O) groups is 1. The van der Waals surface area contributed by atoms with Crippen LogP contribution in [-0.4, -0.2) is 46.7 Å². The van der Waals surface area contributed by atoms with Crippen molar-refractivity contribution in [1.29, 1.82) is 0 Å². The first kappa shape index (κ1) is 17.8. The van der Waals surface area contributed by atoms with Crippen LogP contribution in [-0.2, 0) is 16.6 Å². The Kier molecular flexibility index (Phi) is 6.88. The molecule has 0 saturated carbocycles. The van der Waals surface area contributed by atoms with Crippen LogP contribution in [0.15, 0.2) is 29.4 Å². The van der Waals surface area contributed by atoms with Crippen molar-refractivity contribution >= 4 is 29.3 Å². The highest BCUT2D eigenvalue weighted by atomic mass is 35.5. The van der Waals surface area contributed by atoms with Crippen LogP contribution in [0.3, 0.4) is 0 Å². The average Bonchev–Trinajstić information content (AvgIpc) is 2.91. The Morgan fingerprint density at radius 1 is 1.39 bits per heavy atom. The van der Waals surface area contributed by atoms with E-state index in [0.29, 0.717) is 34.9 Å². The molecule has 0 fully saturated rings. The van der Waals surface area contributed by atoms with Gasteiger partial charge in [0.05, 0.1) is 10.8 Å². The number of carbonyl (C=O) groups excluding carboxylic acids is 1. The summed E-state index contributed by atoms with van der Waals surface area (Å²) in [4.78, 5) is 11.8. The van der Waals surface area contributed by atoms with E-state index < -0.39 is 0 Å². The highest BCUT2D eigenvalue weighted by Crippen LogP contribution is 2.28. The van der Waals surface area contributed by atoms with Gasteiger partial charge < -0.3 is 14.6 Å². The SMILES string of the molecule is COCCCNC(=O)CSc1nnc(-c2ccccc2Cl)n1C. The minimum Gasteiger partial charge on any atom is -0.385 e. The van der Waals surface area contributed by atoms with Gasteiger partial charge in [-0.2, -0.15) is 0 Å². The Labute approximate surface area is 144 Å². The number of thioether (sulfide) groups is 1. The van der Waals surface area contributed by atoms with E-state index in [1.165, 1.54) is 11.8 Å². The van der Waals surface area contributed by atoms with Crippen molar-refractivity contribution in [3.63, 3.8) is 0 Å². The molecule has 0 aliphatic carbocycles. The van der Waals surface area contributed by atoms with Gasteiger partial charge in [-0.15, -0.1) is 10.2 Å². The van der Waals surface area contributed by atoms with Gasteiger partial charge in [0.25, 0.3) is 0 Å². The van der Waals surface area contributed by atoms with E-state index in [-0.39, 0.29) is 5.91 Å². The molecule has 1 amide bonds. The Hall–Kier alpha value is -1.57. The number of rotatable bonds is 8. The van der Waals surface area contributed by atoms with Crippen molar-refractivity contribution in [2.45, 2.75) is 11.6 Å². The van der Waals surface area contributed by atoms with Crippen molar-refractivity contribution in [2.24, 2.45) is 7.05 Å². The number of nitrogens with zero attached hydrogens (tertiary/aromatic N) is 3. The molecule has 0 radical (unpaired) electrons. The fraction of sp³-hybridized carbons (Fsp3) is 0.400. The maximum Gasteiger partial charge on any atom is 0.230 e. The predicted octanol–water partition coefficient (Wildman–Crippen LogP) is 2.38. The highest BCUT2D eigenvalue weighted by molar-refractivity contribution is 7.99. The van der Waals surface area contributed by atoms with E-state index >= 15 is 0 Å². The zero-order valence-corrected chi connectivity index (χ0v) is 14.7. The molecule has 1 N–H and O–H groups in total. The number of amides is 1. The summed E-state index contributed by atoms with van der Waals surface area (Å²) in [5.41, 5.74) is 0.819. The molecule has 0 bridgehead atoms. The Morgan fingerprint density at radius 3 is 2.91 bits per heavy atom. The summed E-state index contributed by atoms with van der Waals surface area (Å²) in [6, 6.07) is 7.47. The van der Waals surface area contributed by atoms with E-state index in [9.17, 15) is 4.79 Å². The molecule has 6 nitrogen and oxygen atoms in total. The zero-order chi connectivity index (χ0) is 16.7. The van der Waals surface area contributed by atoms with E-state index in [1.54, 1.807) is 7.11 Å². The lowest BCUT2D eigenvalue weighted by Gasteiger charge is -2.06. The molecule has 0 aliphatic rings. The van der Waals surface area contributed by atoms with E-state index in [2.05, 4.69) is 15.5 Å². The van der Waals surface area contributed by atoms with Crippen LogP contribution in [0.2, 0.25) is 5.02 Å². The third kappa shape index (κ3) is 4.95. The minimum absolute atomic E-state index is 0.0339. The number of hydrogen-bond acceptors (Lipinski definition) is 5. The molecule has 0 aliphatic heterocycles. The number of methoxy groups -OCH3 is 1. The molecule has 23 heavy (non-hydrogen) atoms. The second-order valence-corrected chi connectivity index (χ2v) is 6.18. The number of halogens is 1. The second-order valence-electron chi connectivity index (χ2n) is 4.83. The smallest absolute Gasteiger partial charge is 0.230 e. The van der Waals surface area contributed by atoms with Crippen molar-refractivity contribution < 1.29 is 9.53 Å². The molecular formula is C15H19ClN4O2S. The Morgan fingerprint density at radius 2 is 2.17 bits per heavy atom. The van der Waals surface area contributed by atoms with E-state index in [0.717, 1.165) is 12.0 Å². The first-order valence-electron chi connectivity index (χ1n) is 7.16. The molecular weight excluding hydrogens is 336 g/mol. The molecule has 1 aromatic heterocycles. The van der Waals surface area contributed by atoms with Crippen LogP contribution in [0.25, 0.3) is 11.4 Å². The fourth-order valence-corrected chi connectivity index (χ4v) is 2.90. The second kappa shape index (κ2) is 8.90. The van der Waals surface area contributed by atoms with Crippen LogP contribution in [0.4, 0.5) is 0 Å². The Bertz CT molecular complexity index is 663. The topological polar surface area (TPSA) is 69.0 Å². The van der Waals surface area contributed by atoms with Crippen LogP contribution in [0.1, 0.15) is 6.42 Å². The number of benzene rings is 1. The molecule has 124 valence electrons. The molecule has 8 heteroatoms. The van der Waals surface area contributed by atoms with Crippen LogP contribution in [0, 0.1) is 0 Å². The monoisotopic (exact) mass is 354 g/mol. The van der Waals surface area contributed by atoms with Gasteiger partial charge >= 0.3 is 0 Å². The quantitative estimate of drug-likeness (QED) is 0.582. The lowest BCUT2D eigenvalue weighted by atomic mass is 10.2.